The second kappa shape index (κ2) is 4.78. The zero-order chi connectivity index (χ0) is 11.4. The summed E-state index contributed by atoms with van der Waals surface area (Å²) >= 11 is 0. The number of hydrogen-bond donors (Lipinski definition) is 1. The maximum Gasteiger partial charge on any atom is 0.0805 e. The van der Waals surface area contributed by atoms with Crippen molar-refractivity contribution in [1.29, 1.82) is 0 Å². The van der Waals surface area contributed by atoms with Gasteiger partial charge in [0.05, 0.1) is 11.6 Å². The van der Waals surface area contributed by atoms with Gasteiger partial charge in [-0.3, -0.25) is 4.98 Å². The Kier molecular flexibility index (Phi) is 3.19. The molecule has 1 aromatic carbocycles. The largest absolute Gasteiger partial charge is 0.388 e. The Morgan fingerprint density at radius 1 is 1.31 bits per heavy atom. The lowest BCUT2D eigenvalue weighted by atomic mass is 10.0. The molecule has 0 saturated carbocycles. The fraction of sp³-hybridized carbons (Fsp3) is 0.214. The predicted molar refractivity (Wildman–Crippen MR) is 64.8 cm³/mol. The molecule has 1 unspecified atom stereocenters. The number of terminal acetylenes is 1. The molecule has 2 rings (SSSR count). The van der Waals surface area contributed by atoms with E-state index >= 15 is 0 Å². The summed E-state index contributed by atoms with van der Waals surface area (Å²) in [4.78, 5) is 4.25. The van der Waals surface area contributed by atoms with Crippen LogP contribution in [0.1, 0.15) is 24.5 Å². The van der Waals surface area contributed by atoms with Crippen LogP contribution in [0.4, 0.5) is 0 Å². The van der Waals surface area contributed by atoms with Crippen LogP contribution < -0.4 is 0 Å². The summed E-state index contributed by atoms with van der Waals surface area (Å²) in [5.74, 6) is 2.54. The van der Waals surface area contributed by atoms with Gasteiger partial charge in [-0.1, -0.05) is 18.2 Å². The molecule has 0 fully saturated rings. The summed E-state index contributed by atoms with van der Waals surface area (Å²) in [5.41, 5.74) is 1.81. The van der Waals surface area contributed by atoms with Gasteiger partial charge in [0.25, 0.3) is 0 Å². The zero-order valence-electron chi connectivity index (χ0n) is 8.93. The Bertz CT molecular complexity index is 522. The number of pyridine rings is 1. The molecule has 2 nitrogen and oxygen atoms in total. The molecule has 1 aromatic heterocycles. The first-order valence-corrected chi connectivity index (χ1v) is 5.28. The summed E-state index contributed by atoms with van der Waals surface area (Å²) in [6.45, 7) is 0. The maximum atomic E-state index is 10.0. The summed E-state index contributed by atoms with van der Waals surface area (Å²) in [6.07, 6.45) is 7.60. The number of aliphatic hydroxyl groups is 1. The third-order valence-electron chi connectivity index (χ3n) is 2.60. The molecule has 0 aliphatic heterocycles. The molecule has 1 atom stereocenters. The number of aromatic nitrogens is 1. The van der Waals surface area contributed by atoms with E-state index in [0.29, 0.717) is 12.8 Å². The van der Waals surface area contributed by atoms with Gasteiger partial charge in [0.2, 0.25) is 0 Å². The smallest absolute Gasteiger partial charge is 0.0805 e. The standard InChI is InChI=1S/C14H13NO/c1-2-3-9-14(16)12-6-4-8-13-11(12)7-5-10-15-13/h1,4-8,10,14,16H,3,9H2. The van der Waals surface area contributed by atoms with Crippen LogP contribution in [0.5, 0.6) is 0 Å². The van der Waals surface area contributed by atoms with Crippen LogP contribution in [0.15, 0.2) is 36.5 Å². The van der Waals surface area contributed by atoms with Crippen LogP contribution in [-0.4, -0.2) is 10.1 Å². The lowest BCUT2D eigenvalue weighted by Crippen LogP contribution is -1.98. The quantitative estimate of drug-likeness (QED) is 0.792. The van der Waals surface area contributed by atoms with Gasteiger partial charge in [0.1, 0.15) is 0 Å². The van der Waals surface area contributed by atoms with Crippen molar-refractivity contribution in [1.82, 2.24) is 4.98 Å². The molecule has 1 N–H and O–H groups in total. The Balaban J connectivity index is 2.40. The zero-order valence-corrected chi connectivity index (χ0v) is 8.93. The Morgan fingerprint density at radius 3 is 3.00 bits per heavy atom. The first-order chi connectivity index (χ1) is 7.83. The van der Waals surface area contributed by atoms with Gasteiger partial charge in [-0.25, -0.2) is 0 Å². The minimum atomic E-state index is -0.510. The van der Waals surface area contributed by atoms with Gasteiger partial charge in [0, 0.05) is 18.0 Å². The van der Waals surface area contributed by atoms with E-state index in [1.165, 1.54) is 0 Å². The third-order valence-corrected chi connectivity index (χ3v) is 2.60. The predicted octanol–water partition coefficient (Wildman–Crippen LogP) is 2.68. The van der Waals surface area contributed by atoms with Gasteiger partial charge >= 0.3 is 0 Å². The molecule has 0 spiro atoms. The van der Waals surface area contributed by atoms with E-state index in [9.17, 15) is 5.11 Å². The second-order valence-electron chi connectivity index (χ2n) is 3.68. The Morgan fingerprint density at radius 2 is 2.19 bits per heavy atom. The van der Waals surface area contributed by atoms with Crippen molar-refractivity contribution < 1.29 is 5.11 Å². The lowest BCUT2D eigenvalue weighted by Gasteiger charge is -2.11. The van der Waals surface area contributed by atoms with Crippen LogP contribution in [0.2, 0.25) is 0 Å². The molecule has 0 radical (unpaired) electrons. The first-order valence-electron chi connectivity index (χ1n) is 5.28. The molecule has 16 heavy (non-hydrogen) atoms. The number of rotatable bonds is 3. The van der Waals surface area contributed by atoms with Gasteiger partial charge in [-0.15, -0.1) is 12.3 Å². The molecule has 0 aliphatic carbocycles. The summed E-state index contributed by atoms with van der Waals surface area (Å²) in [7, 11) is 0. The molecule has 0 amide bonds. The minimum absolute atomic E-state index is 0.510. The van der Waals surface area contributed by atoms with Crippen LogP contribution in [-0.2, 0) is 0 Å². The summed E-state index contributed by atoms with van der Waals surface area (Å²) < 4.78 is 0. The van der Waals surface area contributed by atoms with E-state index in [2.05, 4.69) is 10.9 Å². The van der Waals surface area contributed by atoms with E-state index in [1.54, 1.807) is 6.20 Å². The molecule has 80 valence electrons. The van der Waals surface area contributed by atoms with Crippen LogP contribution >= 0.6 is 0 Å². The van der Waals surface area contributed by atoms with Crippen molar-refractivity contribution in [3.8, 4) is 12.3 Å². The molecular weight excluding hydrogens is 198 g/mol. The van der Waals surface area contributed by atoms with E-state index in [4.69, 9.17) is 6.42 Å². The number of hydrogen-bond acceptors (Lipinski definition) is 2. The van der Waals surface area contributed by atoms with E-state index in [1.807, 2.05) is 30.3 Å². The number of fused-ring (bicyclic) bond motifs is 1. The first kappa shape index (κ1) is 10.7. The highest BCUT2D eigenvalue weighted by Crippen LogP contribution is 2.25. The topological polar surface area (TPSA) is 33.1 Å². The number of aliphatic hydroxyl groups excluding tert-OH is 1. The maximum absolute atomic E-state index is 10.0. The fourth-order valence-corrected chi connectivity index (χ4v) is 1.79. The van der Waals surface area contributed by atoms with Crippen molar-refractivity contribution in [3.63, 3.8) is 0 Å². The molecule has 2 heteroatoms. The van der Waals surface area contributed by atoms with Crippen molar-refractivity contribution in [3.05, 3.63) is 42.1 Å². The van der Waals surface area contributed by atoms with Crippen LogP contribution in [0.25, 0.3) is 10.9 Å². The Labute approximate surface area is 95.0 Å². The third kappa shape index (κ3) is 2.05. The van der Waals surface area contributed by atoms with E-state index in [0.717, 1.165) is 16.5 Å². The SMILES string of the molecule is C#CCCC(O)c1cccc2ncccc12. The van der Waals surface area contributed by atoms with Gasteiger partial charge in [-0.05, 0) is 24.1 Å². The lowest BCUT2D eigenvalue weighted by molar-refractivity contribution is 0.171. The summed E-state index contributed by atoms with van der Waals surface area (Å²) in [5, 5.41) is 11.0. The molecule has 0 bridgehead atoms. The van der Waals surface area contributed by atoms with Gasteiger partial charge < -0.3 is 5.11 Å². The van der Waals surface area contributed by atoms with E-state index in [-0.39, 0.29) is 0 Å². The average Bonchev–Trinajstić information content (AvgIpc) is 2.35. The fourth-order valence-electron chi connectivity index (χ4n) is 1.79. The second-order valence-corrected chi connectivity index (χ2v) is 3.68. The average molecular weight is 211 g/mol. The van der Waals surface area contributed by atoms with Crippen LogP contribution in [0.3, 0.4) is 0 Å². The van der Waals surface area contributed by atoms with Crippen molar-refractivity contribution in [2.24, 2.45) is 0 Å². The monoisotopic (exact) mass is 211 g/mol. The highest BCUT2D eigenvalue weighted by atomic mass is 16.3. The van der Waals surface area contributed by atoms with Crippen molar-refractivity contribution in [2.75, 3.05) is 0 Å². The van der Waals surface area contributed by atoms with E-state index < -0.39 is 6.10 Å². The molecule has 2 aromatic rings. The normalized spacial score (nSPS) is 12.2. The highest BCUT2D eigenvalue weighted by Gasteiger charge is 2.10. The molecule has 0 saturated heterocycles. The van der Waals surface area contributed by atoms with Gasteiger partial charge in [0.15, 0.2) is 0 Å². The molecule has 0 aliphatic rings. The highest BCUT2D eigenvalue weighted by molar-refractivity contribution is 5.82. The number of nitrogens with zero attached hydrogens (tertiary/aromatic N) is 1. The summed E-state index contributed by atoms with van der Waals surface area (Å²) in [6, 6.07) is 9.61. The van der Waals surface area contributed by atoms with Crippen molar-refractivity contribution in [2.45, 2.75) is 18.9 Å². The molecule has 1 heterocycles. The van der Waals surface area contributed by atoms with Crippen molar-refractivity contribution >= 4 is 10.9 Å². The molecular formula is C14H13NO. The van der Waals surface area contributed by atoms with Crippen LogP contribution in [0, 0.1) is 12.3 Å². The van der Waals surface area contributed by atoms with Gasteiger partial charge in [-0.2, -0.15) is 0 Å². The number of benzene rings is 1. The minimum Gasteiger partial charge on any atom is -0.388 e. The Hall–Kier alpha value is -1.85.